The molecule has 0 radical (unpaired) electrons. The van der Waals surface area contributed by atoms with Crippen LogP contribution >= 0.6 is 0 Å². The second kappa shape index (κ2) is 8.26. The first-order chi connectivity index (χ1) is 12.6. The van der Waals surface area contributed by atoms with Crippen LogP contribution in [-0.4, -0.2) is 32.9 Å². The molecule has 0 heterocycles. The third-order valence-corrected chi connectivity index (χ3v) is 4.88. The summed E-state index contributed by atoms with van der Waals surface area (Å²) in [5.41, 5.74) is 0.738. The summed E-state index contributed by atoms with van der Waals surface area (Å²) in [4.78, 5) is 23.5. The van der Waals surface area contributed by atoms with Crippen molar-refractivity contribution in [2.24, 2.45) is 0 Å². The van der Waals surface area contributed by atoms with E-state index in [1.54, 1.807) is 18.2 Å². The molecule has 2 rings (SSSR count). The molecule has 0 aliphatic heterocycles. The number of rotatable bonds is 7. The smallest absolute Gasteiger partial charge is 0.232 e. The number of anilines is 2. The molecule has 0 aliphatic carbocycles. The number of hydrogen-bond acceptors (Lipinski definition) is 4. The summed E-state index contributed by atoms with van der Waals surface area (Å²) in [6, 6.07) is 9.00. The second-order valence-electron chi connectivity index (χ2n) is 5.87. The summed E-state index contributed by atoms with van der Waals surface area (Å²) in [5, 5.41) is 2.57. The van der Waals surface area contributed by atoms with Crippen molar-refractivity contribution in [2.45, 2.75) is 13.3 Å². The molecule has 0 saturated heterocycles. The van der Waals surface area contributed by atoms with Crippen molar-refractivity contribution in [3.63, 3.8) is 0 Å². The third kappa shape index (κ3) is 5.58. The average molecular weight is 396 g/mol. The van der Waals surface area contributed by atoms with E-state index in [1.165, 1.54) is 13.0 Å². The maximum Gasteiger partial charge on any atom is 0.232 e. The molecule has 0 fully saturated rings. The molecule has 1 N–H and O–H groups in total. The summed E-state index contributed by atoms with van der Waals surface area (Å²) < 4.78 is 51.2. The molecule has 0 spiro atoms. The topological polar surface area (TPSA) is 83.6 Å². The van der Waals surface area contributed by atoms with Crippen molar-refractivity contribution >= 4 is 33.1 Å². The molecule has 2 aromatic carbocycles. The van der Waals surface area contributed by atoms with Gasteiger partial charge in [0.15, 0.2) is 17.4 Å². The van der Waals surface area contributed by atoms with E-state index in [0.29, 0.717) is 11.3 Å². The van der Waals surface area contributed by atoms with E-state index in [9.17, 15) is 26.8 Å². The fourth-order valence-corrected chi connectivity index (χ4v) is 3.29. The average Bonchev–Trinajstić information content (AvgIpc) is 2.57. The predicted molar refractivity (Wildman–Crippen MR) is 98.2 cm³/mol. The molecule has 0 bridgehead atoms. The van der Waals surface area contributed by atoms with Gasteiger partial charge < -0.3 is 5.32 Å². The van der Waals surface area contributed by atoms with Crippen LogP contribution in [0, 0.1) is 11.6 Å². The van der Waals surface area contributed by atoms with Gasteiger partial charge in [-0.2, -0.15) is 0 Å². The highest BCUT2D eigenvalue weighted by molar-refractivity contribution is 7.92. The predicted octanol–water partition coefficient (Wildman–Crippen LogP) is 2.96. The molecule has 0 atom stereocenters. The Labute approximate surface area is 155 Å². The summed E-state index contributed by atoms with van der Waals surface area (Å²) in [6.45, 7) is 1.13. The summed E-state index contributed by atoms with van der Waals surface area (Å²) in [7, 11) is -3.81. The Bertz CT molecular complexity index is 977. The van der Waals surface area contributed by atoms with Gasteiger partial charge >= 0.3 is 0 Å². The lowest BCUT2D eigenvalue weighted by molar-refractivity contribution is -0.116. The lowest BCUT2D eigenvalue weighted by atomic mass is 10.1. The Morgan fingerprint density at radius 1 is 1.07 bits per heavy atom. The van der Waals surface area contributed by atoms with Gasteiger partial charge in [-0.15, -0.1) is 0 Å². The number of hydrogen-bond donors (Lipinski definition) is 1. The van der Waals surface area contributed by atoms with E-state index in [1.807, 2.05) is 0 Å². The number of amides is 1. The number of Topliss-reactive ketones (excluding diaryl/α,β-unsaturated/α-hetero) is 1. The number of carbonyl (C=O) groups is 2. The minimum absolute atomic E-state index is 0.0808. The highest BCUT2D eigenvalue weighted by atomic mass is 32.2. The number of ketones is 1. The van der Waals surface area contributed by atoms with Gasteiger partial charge in [0, 0.05) is 30.3 Å². The minimum Gasteiger partial charge on any atom is -0.326 e. The molecule has 9 heteroatoms. The van der Waals surface area contributed by atoms with Crippen LogP contribution < -0.4 is 9.62 Å². The van der Waals surface area contributed by atoms with E-state index in [4.69, 9.17) is 0 Å². The molecule has 0 aromatic heterocycles. The maximum atomic E-state index is 13.4. The molecule has 27 heavy (non-hydrogen) atoms. The van der Waals surface area contributed by atoms with Crippen LogP contribution in [0.25, 0.3) is 0 Å². The Kier molecular flexibility index (Phi) is 6.27. The lowest BCUT2D eigenvalue weighted by Crippen LogP contribution is -2.33. The van der Waals surface area contributed by atoms with Gasteiger partial charge in [0.2, 0.25) is 15.9 Å². The van der Waals surface area contributed by atoms with Crippen molar-refractivity contribution < 1.29 is 26.8 Å². The Balaban J connectivity index is 2.11. The molecule has 2 aromatic rings. The van der Waals surface area contributed by atoms with Gasteiger partial charge in [-0.05, 0) is 31.2 Å². The largest absolute Gasteiger partial charge is 0.326 e. The zero-order chi connectivity index (χ0) is 20.2. The summed E-state index contributed by atoms with van der Waals surface area (Å²) >= 11 is 0. The zero-order valence-electron chi connectivity index (χ0n) is 14.7. The van der Waals surface area contributed by atoms with E-state index in [2.05, 4.69) is 5.32 Å². The van der Waals surface area contributed by atoms with E-state index in [0.717, 1.165) is 28.8 Å². The van der Waals surface area contributed by atoms with Crippen LogP contribution in [0.4, 0.5) is 20.2 Å². The van der Waals surface area contributed by atoms with Crippen molar-refractivity contribution in [1.82, 2.24) is 0 Å². The number of halogens is 2. The molecular formula is C18H18F2N2O4S. The highest BCUT2D eigenvalue weighted by Gasteiger charge is 2.20. The highest BCUT2D eigenvalue weighted by Crippen LogP contribution is 2.21. The second-order valence-corrected chi connectivity index (χ2v) is 7.78. The molecule has 0 saturated carbocycles. The molecule has 0 unspecified atom stereocenters. The molecule has 6 nitrogen and oxygen atoms in total. The number of sulfonamides is 1. The van der Waals surface area contributed by atoms with Gasteiger partial charge in [-0.1, -0.05) is 12.1 Å². The van der Waals surface area contributed by atoms with Crippen molar-refractivity contribution in [2.75, 3.05) is 22.4 Å². The first-order valence-electron chi connectivity index (χ1n) is 7.91. The molecule has 0 aliphatic rings. The molecule has 1 amide bonds. The minimum atomic E-state index is -3.81. The maximum absolute atomic E-state index is 13.4. The monoisotopic (exact) mass is 396 g/mol. The third-order valence-electron chi connectivity index (χ3n) is 3.69. The lowest BCUT2D eigenvalue weighted by Gasteiger charge is -2.22. The SMILES string of the molecule is CC(=O)c1cccc(NC(=O)CCN(c2ccc(F)c(F)c2)S(C)(=O)=O)c1. The van der Waals surface area contributed by atoms with Crippen molar-refractivity contribution in [1.29, 1.82) is 0 Å². The molecular weight excluding hydrogens is 378 g/mol. The van der Waals surface area contributed by atoms with Crippen molar-refractivity contribution in [3.8, 4) is 0 Å². The van der Waals surface area contributed by atoms with Crippen LogP contribution in [-0.2, 0) is 14.8 Å². The molecule has 144 valence electrons. The van der Waals surface area contributed by atoms with Gasteiger partial charge in [0.1, 0.15) is 0 Å². The van der Waals surface area contributed by atoms with Crippen molar-refractivity contribution in [3.05, 3.63) is 59.7 Å². The quantitative estimate of drug-likeness (QED) is 0.730. The zero-order valence-corrected chi connectivity index (χ0v) is 15.5. The normalized spacial score (nSPS) is 11.1. The van der Waals surface area contributed by atoms with Gasteiger partial charge in [-0.25, -0.2) is 17.2 Å². The number of nitrogens with one attached hydrogen (secondary N) is 1. The van der Waals surface area contributed by atoms with Gasteiger partial charge in [0.25, 0.3) is 0 Å². The van der Waals surface area contributed by atoms with Crippen LogP contribution in [0.3, 0.4) is 0 Å². The van der Waals surface area contributed by atoms with E-state index < -0.39 is 27.6 Å². The van der Waals surface area contributed by atoms with E-state index >= 15 is 0 Å². The number of nitrogens with zero attached hydrogens (tertiary/aromatic N) is 1. The number of benzene rings is 2. The van der Waals surface area contributed by atoms with Crippen LogP contribution in [0.2, 0.25) is 0 Å². The van der Waals surface area contributed by atoms with Gasteiger partial charge in [-0.3, -0.25) is 13.9 Å². The first-order valence-corrected chi connectivity index (χ1v) is 9.76. The van der Waals surface area contributed by atoms with Crippen LogP contribution in [0.1, 0.15) is 23.7 Å². The number of carbonyl (C=O) groups excluding carboxylic acids is 2. The fraction of sp³-hybridized carbons (Fsp3) is 0.222. The van der Waals surface area contributed by atoms with Crippen LogP contribution in [0.15, 0.2) is 42.5 Å². The fourth-order valence-electron chi connectivity index (χ4n) is 2.37. The summed E-state index contributed by atoms with van der Waals surface area (Å²) in [6.07, 6.45) is 0.679. The van der Waals surface area contributed by atoms with Crippen LogP contribution in [0.5, 0.6) is 0 Å². The standard InChI is InChI=1S/C18H18F2N2O4S/c1-12(23)13-4-3-5-14(10-13)21-18(24)8-9-22(27(2,25)26)15-6-7-16(19)17(20)11-15/h3-7,10-11H,8-9H2,1-2H3,(H,21,24). The Morgan fingerprint density at radius 2 is 1.78 bits per heavy atom. The Morgan fingerprint density at radius 3 is 2.37 bits per heavy atom. The summed E-state index contributed by atoms with van der Waals surface area (Å²) in [5.74, 6) is -2.94. The van der Waals surface area contributed by atoms with Gasteiger partial charge in [0.05, 0.1) is 11.9 Å². The Hall–Kier alpha value is -2.81. The van der Waals surface area contributed by atoms with E-state index in [-0.39, 0.29) is 24.4 Å². The first kappa shape index (κ1) is 20.5.